The van der Waals surface area contributed by atoms with Crippen LogP contribution in [0.3, 0.4) is 0 Å². The summed E-state index contributed by atoms with van der Waals surface area (Å²) < 4.78 is 13.9. The first-order valence-corrected chi connectivity index (χ1v) is 10.0. The molecule has 3 heterocycles. The summed E-state index contributed by atoms with van der Waals surface area (Å²) in [5, 5.41) is 11.1. The maximum Gasteiger partial charge on any atom is 0.191 e. The Kier molecular flexibility index (Phi) is 8.75. The predicted molar refractivity (Wildman–Crippen MR) is 122 cm³/mol. The van der Waals surface area contributed by atoms with Gasteiger partial charge in [-0.05, 0) is 47.9 Å². The molecule has 0 aliphatic carbocycles. The number of hydrogen-bond acceptors (Lipinski definition) is 4. The van der Waals surface area contributed by atoms with Crippen molar-refractivity contribution in [3.05, 3.63) is 46.5 Å². The molecule has 2 unspecified atom stereocenters. The summed E-state index contributed by atoms with van der Waals surface area (Å²) in [6.07, 6.45) is 2.57. The number of hydrogen-bond donors (Lipinski definition) is 2. The van der Waals surface area contributed by atoms with E-state index in [0.717, 1.165) is 38.6 Å². The number of halogens is 2. The number of pyridine rings is 1. The highest BCUT2D eigenvalue weighted by Gasteiger charge is 2.26. The van der Waals surface area contributed by atoms with Crippen LogP contribution in [0.1, 0.15) is 31.7 Å². The second-order valence-corrected chi connectivity index (χ2v) is 7.34. The molecule has 0 amide bonds. The molecule has 1 fully saturated rings. The van der Waals surface area contributed by atoms with Gasteiger partial charge in [-0.15, -0.1) is 24.0 Å². The van der Waals surface area contributed by atoms with Crippen LogP contribution in [0.4, 0.5) is 10.2 Å². The van der Waals surface area contributed by atoms with Gasteiger partial charge in [0.15, 0.2) is 17.6 Å². The third-order valence-electron chi connectivity index (χ3n) is 4.55. The number of rotatable bonds is 6. The summed E-state index contributed by atoms with van der Waals surface area (Å²) in [7, 11) is 0. The minimum absolute atomic E-state index is 0. The van der Waals surface area contributed by atoms with E-state index >= 15 is 0 Å². The van der Waals surface area contributed by atoms with Gasteiger partial charge in [0, 0.05) is 44.3 Å². The third kappa shape index (κ3) is 6.03. The first-order chi connectivity index (χ1) is 12.7. The molecule has 2 atom stereocenters. The Morgan fingerprint density at radius 3 is 3.04 bits per heavy atom. The monoisotopic (exact) mass is 503 g/mol. The van der Waals surface area contributed by atoms with Crippen molar-refractivity contribution in [2.24, 2.45) is 4.99 Å². The summed E-state index contributed by atoms with van der Waals surface area (Å²) in [5.74, 6) is 1.38. The molecule has 2 aromatic rings. The molecule has 27 heavy (non-hydrogen) atoms. The zero-order valence-electron chi connectivity index (χ0n) is 15.7. The first-order valence-electron chi connectivity index (χ1n) is 9.09. The van der Waals surface area contributed by atoms with Crippen LogP contribution in [0.15, 0.2) is 40.1 Å². The number of thiophene rings is 1. The van der Waals surface area contributed by atoms with Crippen molar-refractivity contribution in [2.75, 3.05) is 31.1 Å². The van der Waals surface area contributed by atoms with Crippen molar-refractivity contribution in [1.82, 2.24) is 15.6 Å². The van der Waals surface area contributed by atoms with Gasteiger partial charge in [-0.1, -0.05) is 6.92 Å². The lowest BCUT2D eigenvalue weighted by molar-refractivity contribution is 0.612. The van der Waals surface area contributed by atoms with Crippen LogP contribution < -0.4 is 15.5 Å². The molecule has 148 valence electrons. The average Bonchev–Trinajstić information content (AvgIpc) is 3.32. The maximum atomic E-state index is 13.9. The van der Waals surface area contributed by atoms with Crippen LogP contribution in [0.5, 0.6) is 0 Å². The van der Waals surface area contributed by atoms with Crippen molar-refractivity contribution >= 4 is 47.1 Å². The third-order valence-corrected chi connectivity index (χ3v) is 5.25. The van der Waals surface area contributed by atoms with E-state index < -0.39 is 0 Å². The minimum Gasteiger partial charge on any atom is -0.357 e. The number of anilines is 1. The fourth-order valence-electron chi connectivity index (χ4n) is 3.08. The fraction of sp³-hybridized carbons (Fsp3) is 0.474. The molecule has 1 aliphatic heterocycles. The Morgan fingerprint density at radius 2 is 2.33 bits per heavy atom. The molecule has 0 radical (unpaired) electrons. The van der Waals surface area contributed by atoms with Crippen molar-refractivity contribution in [3.63, 3.8) is 0 Å². The first kappa shape index (κ1) is 21.9. The van der Waals surface area contributed by atoms with E-state index in [-0.39, 0.29) is 35.8 Å². The molecule has 0 saturated carbocycles. The van der Waals surface area contributed by atoms with Crippen LogP contribution in [0, 0.1) is 5.82 Å². The normalized spacial score (nSPS) is 18.1. The topological polar surface area (TPSA) is 52.6 Å². The van der Waals surface area contributed by atoms with Crippen molar-refractivity contribution in [3.8, 4) is 0 Å². The molecule has 0 spiro atoms. The van der Waals surface area contributed by atoms with Crippen LogP contribution in [0.25, 0.3) is 0 Å². The van der Waals surface area contributed by atoms with Gasteiger partial charge < -0.3 is 15.5 Å². The SMILES string of the molecule is CCNC(=NCC(C)c1ccsc1)NC1CCN(c2ncccc2F)C1.I. The van der Waals surface area contributed by atoms with E-state index in [1.807, 2.05) is 4.90 Å². The van der Waals surface area contributed by atoms with Gasteiger partial charge in [0.05, 0.1) is 0 Å². The smallest absolute Gasteiger partial charge is 0.191 e. The van der Waals surface area contributed by atoms with Gasteiger partial charge in [0.1, 0.15) is 0 Å². The van der Waals surface area contributed by atoms with E-state index in [1.54, 1.807) is 23.6 Å². The number of aliphatic imine (C=N–C) groups is 1. The van der Waals surface area contributed by atoms with Crippen LogP contribution in [-0.4, -0.2) is 43.2 Å². The fourth-order valence-corrected chi connectivity index (χ4v) is 3.87. The molecular formula is C19H27FIN5S. The highest BCUT2D eigenvalue weighted by molar-refractivity contribution is 14.0. The van der Waals surface area contributed by atoms with Crippen LogP contribution in [0.2, 0.25) is 0 Å². The minimum atomic E-state index is -0.265. The molecule has 2 N–H and O–H groups in total. The summed E-state index contributed by atoms with van der Waals surface area (Å²) in [5.41, 5.74) is 1.33. The van der Waals surface area contributed by atoms with Gasteiger partial charge in [-0.25, -0.2) is 9.37 Å². The number of aromatic nitrogens is 1. The van der Waals surface area contributed by atoms with Gasteiger partial charge in [-0.2, -0.15) is 11.3 Å². The standard InChI is InChI=1S/C19H26FN5S.HI/c1-3-21-19(23-11-14(2)15-7-10-26-13-15)24-16-6-9-25(12-16)18-17(20)5-4-8-22-18;/h4-5,7-8,10,13-14,16H,3,6,9,11-12H2,1-2H3,(H2,21,23,24);1H. The van der Waals surface area contributed by atoms with E-state index in [1.165, 1.54) is 11.6 Å². The van der Waals surface area contributed by atoms with Crippen molar-refractivity contribution < 1.29 is 4.39 Å². The predicted octanol–water partition coefficient (Wildman–Crippen LogP) is 3.84. The average molecular weight is 503 g/mol. The van der Waals surface area contributed by atoms with E-state index in [2.05, 4.69) is 46.3 Å². The van der Waals surface area contributed by atoms with Gasteiger partial charge >= 0.3 is 0 Å². The molecule has 0 aromatic carbocycles. The Morgan fingerprint density at radius 1 is 1.48 bits per heavy atom. The van der Waals surface area contributed by atoms with Crippen molar-refractivity contribution in [1.29, 1.82) is 0 Å². The molecule has 2 aromatic heterocycles. The summed E-state index contributed by atoms with van der Waals surface area (Å²) in [6.45, 7) is 7.30. The lowest BCUT2D eigenvalue weighted by Crippen LogP contribution is -2.44. The van der Waals surface area contributed by atoms with Crippen LogP contribution >= 0.6 is 35.3 Å². The molecule has 3 rings (SSSR count). The Bertz CT molecular complexity index is 725. The second kappa shape index (κ2) is 10.8. The zero-order valence-corrected chi connectivity index (χ0v) is 18.8. The largest absolute Gasteiger partial charge is 0.357 e. The molecular weight excluding hydrogens is 476 g/mol. The van der Waals surface area contributed by atoms with Crippen LogP contribution in [-0.2, 0) is 0 Å². The van der Waals surface area contributed by atoms with Gasteiger partial charge in [-0.3, -0.25) is 4.99 Å². The summed E-state index contributed by atoms with van der Waals surface area (Å²) in [6, 6.07) is 5.46. The highest BCUT2D eigenvalue weighted by atomic mass is 127. The summed E-state index contributed by atoms with van der Waals surface area (Å²) in [4.78, 5) is 10.9. The zero-order chi connectivity index (χ0) is 18.4. The second-order valence-electron chi connectivity index (χ2n) is 6.56. The number of nitrogens with zero attached hydrogens (tertiary/aromatic N) is 3. The lowest BCUT2D eigenvalue weighted by Gasteiger charge is -2.20. The van der Waals surface area contributed by atoms with E-state index in [0.29, 0.717) is 11.7 Å². The van der Waals surface area contributed by atoms with Gasteiger partial charge in [0.25, 0.3) is 0 Å². The van der Waals surface area contributed by atoms with Crippen molar-refractivity contribution in [2.45, 2.75) is 32.2 Å². The number of guanidine groups is 1. The highest BCUT2D eigenvalue weighted by Crippen LogP contribution is 2.21. The summed E-state index contributed by atoms with van der Waals surface area (Å²) >= 11 is 1.72. The molecule has 8 heteroatoms. The lowest BCUT2D eigenvalue weighted by atomic mass is 10.1. The molecule has 0 bridgehead atoms. The Hall–Kier alpha value is -1.42. The van der Waals surface area contributed by atoms with E-state index in [4.69, 9.17) is 4.99 Å². The number of nitrogens with one attached hydrogen (secondary N) is 2. The molecule has 1 saturated heterocycles. The Balaban J connectivity index is 0.00000261. The quantitative estimate of drug-likeness (QED) is 0.358. The Labute approximate surface area is 181 Å². The van der Waals surface area contributed by atoms with Gasteiger partial charge in [0.2, 0.25) is 0 Å². The molecule has 5 nitrogen and oxygen atoms in total. The molecule has 1 aliphatic rings. The van der Waals surface area contributed by atoms with E-state index in [9.17, 15) is 4.39 Å². The maximum absolute atomic E-state index is 13.9.